The molecule has 29 heavy (non-hydrogen) atoms. The second-order valence-electron chi connectivity index (χ2n) is 6.83. The highest BCUT2D eigenvalue weighted by Gasteiger charge is 2.09. The number of ether oxygens (including phenoxy) is 3. The fourth-order valence-corrected chi connectivity index (χ4v) is 2.57. The summed E-state index contributed by atoms with van der Waals surface area (Å²) >= 11 is 5.24. The Balaban J connectivity index is 1.84. The Morgan fingerprint density at radius 3 is 2.41 bits per heavy atom. The van der Waals surface area contributed by atoms with E-state index in [1.165, 1.54) is 0 Å². The van der Waals surface area contributed by atoms with Gasteiger partial charge in [-0.3, -0.25) is 10.1 Å². The summed E-state index contributed by atoms with van der Waals surface area (Å²) in [5.74, 6) is 1.73. The van der Waals surface area contributed by atoms with Gasteiger partial charge in [-0.2, -0.15) is 0 Å². The summed E-state index contributed by atoms with van der Waals surface area (Å²) in [6.45, 7) is 5.92. The normalized spacial score (nSPS) is 10.5. The Bertz CT molecular complexity index is 794. The maximum absolute atomic E-state index is 12.4. The van der Waals surface area contributed by atoms with Gasteiger partial charge in [0.25, 0.3) is 5.91 Å². The number of rotatable bonds is 10. The molecule has 0 aliphatic rings. The smallest absolute Gasteiger partial charge is 0.257 e. The summed E-state index contributed by atoms with van der Waals surface area (Å²) in [7, 11) is 1.62. The molecule has 6 nitrogen and oxygen atoms in total. The van der Waals surface area contributed by atoms with Crippen molar-refractivity contribution in [1.29, 1.82) is 0 Å². The van der Waals surface area contributed by atoms with E-state index in [-0.39, 0.29) is 11.0 Å². The van der Waals surface area contributed by atoms with Crippen LogP contribution in [0.3, 0.4) is 0 Å². The molecule has 0 bridgehead atoms. The van der Waals surface area contributed by atoms with E-state index in [1.807, 2.05) is 18.2 Å². The molecule has 0 saturated carbocycles. The van der Waals surface area contributed by atoms with Crippen LogP contribution in [0.5, 0.6) is 11.5 Å². The second kappa shape index (κ2) is 12.0. The number of nitrogens with one attached hydrogen (secondary N) is 2. The quantitative estimate of drug-likeness (QED) is 0.445. The van der Waals surface area contributed by atoms with E-state index in [1.54, 1.807) is 37.4 Å². The lowest BCUT2D eigenvalue weighted by atomic mass is 10.1. The van der Waals surface area contributed by atoms with E-state index in [4.69, 9.17) is 26.4 Å². The van der Waals surface area contributed by atoms with Crippen LogP contribution in [-0.4, -0.2) is 38.0 Å². The highest BCUT2D eigenvalue weighted by Crippen LogP contribution is 2.17. The topological polar surface area (TPSA) is 68.8 Å². The summed E-state index contributed by atoms with van der Waals surface area (Å²) in [5.41, 5.74) is 1.22. The summed E-state index contributed by atoms with van der Waals surface area (Å²) in [6, 6.07) is 14.3. The van der Waals surface area contributed by atoms with Crippen LogP contribution in [0.4, 0.5) is 5.69 Å². The third-order valence-corrected chi connectivity index (χ3v) is 4.16. The lowest BCUT2D eigenvalue weighted by molar-refractivity contribution is 0.0977. The van der Waals surface area contributed by atoms with Crippen molar-refractivity contribution < 1.29 is 19.0 Å². The Morgan fingerprint density at radius 1 is 1.00 bits per heavy atom. The highest BCUT2D eigenvalue weighted by atomic mass is 32.1. The van der Waals surface area contributed by atoms with Gasteiger partial charge in [0, 0.05) is 24.4 Å². The molecule has 0 aromatic heterocycles. The molecule has 0 saturated heterocycles. The SMILES string of the molecule is COCCOc1cccc(NC(=S)NC(=O)c2ccc(OCCC(C)C)cc2)c1. The molecule has 0 aliphatic heterocycles. The predicted octanol–water partition coefficient (Wildman–Crippen LogP) is 4.26. The first kappa shape index (κ1) is 22.6. The van der Waals surface area contributed by atoms with Gasteiger partial charge in [-0.05, 0) is 61.0 Å². The van der Waals surface area contributed by atoms with Crippen molar-refractivity contribution in [2.24, 2.45) is 5.92 Å². The molecule has 0 radical (unpaired) electrons. The third kappa shape index (κ3) is 8.50. The van der Waals surface area contributed by atoms with Crippen molar-refractivity contribution in [2.75, 3.05) is 32.2 Å². The van der Waals surface area contributed by atoms with Crippen LogP contribution in [0.25, 0.3) is 0 Å². The maximum Gasteiger partial charge on any atom is 0.257 e. The summed E-state index contributed by atoms with van der Waals surface area (Å²) in [6.07, 6.45) is 0.987. The molecule has 0 heterocycles. The average molecular weight is 417 g/mol. The third-order valence-electron chi connectivity index (χ3n) is 3.96. The first-order valence-electron chi connectivity index (χ1n) is 9.55. The summed E-state index contributed by atoms with van der Waals surface area (Å²) in [5, 5.41) is 5.87. The molecule has 0 aliphatic carbocycles. The van der Waals surface area contributed by atoms with Gasteiger partial charge >= 0.3 is 0 Å². The monoisotopic (exact) mass is 416 g/mol. The number of amides is 1. The minimum atomic E-state index is -0.288. The van der Waals surface area contributed by atoms with E-state index in [9.17, 15) is 4.79 Å². The molecule has 0 fully saturated rings. The zero-order valence-corrected chi connectivity index (χ0v) is 17.9. The molecule has 156 valence electrons. The van der Waals surface area contributed by atoms with Crippen molar-refractivity contribution in [3.8, 4) is 11.5 Å². The Hall–Kier alpha value is -2.64. The van der Waals surface area contributed by atoms with Gasteiger partial charge in [0.2, 0.25) is 0 Å². The number of anilines is 1. The molecule has 2 aromatic rings. The van der Waals surface area contributed by atoms with Gasteiger partial charge in [0.05, 0.1) is 13.2 Å². The first-order valence-corrected chi connectivity index (χ1v) is 9.95. The van der Waals surface area contributed by atoms with Crippen LogP contribution in [-0.2, 0) is 4.74 Å². The Morgan fingerprint density at radius 2 is 1.72 bits per heavy atom. The fraction of sp³-hybridized carbons (Fsp3) is 0.364. The van der Waals surface area contributed by atoms with E-state index in [2.05, 4.69) is 24.5 Å². The van der Waals surface area contributed by atoms with Crippen LogP contribution in [0.15, 0.2) is 48.5 Å². The first-order chi connectivity index (χ1) is 14.0. The number of carbonyl (C=O) groups excluding carboxylic acids is 1. The van der Waals surface area contributed by atoms with Crippen molar-refractivity contribution in [3.05, 3.63) is 54.1 Å². The van der Waals surface area contributed by atoms with Crippen LogP contribution in [0, 0.1) is 5.92 Å². The molecular weight excluding hydrogens is 388 g/mol. The van der Waals surface area contributed by atoms with Crippen LogP contribution in [0.1, 0.15) is 30.6 Å². The largest absolute Gasteiger partial charge is 0.494 e. The van der Waals surface area contributed by atoms with Gasteiger partial charge in [-0.1, -0.05) is 19.9 Å². The molecule has 1 amide bonds. The molecule has 0 unspecified atom stereocenters. The lowest BCUT2D eigenvalue weighted by Gasteiger charge is -2.12. The van der Waals surface area contributed by atoms with E-state index >= 15 is 0 Å². The Labute approximate surface area is 177 Å². The van der Waals surface area contributed by atoms with Crippen molar-refractivity contribution in [2.45, 2.75) is 20.3 Å². The van der Waals surface area contributed by atoms with Gasteiger partial charge < -0.3 is 19.5 Å². The molecule has 0 spiro atoms. The number of carbonyl (C=O) groups is 1. The number of methoxy groups -OCH3 is 1. The van der Waals surface area contributed by atoms with Crippen molar-refractivity contribution >= 4 is 28.9 Å². The number of thiocarbonyl (C=S) groups is 1. The predicted molar refractivity (Wildman–Crippen MR) is 119 cm³/mol. The van der Waals surface area contributed by atoms with E-state index in [0.717, 1.165) is 17.9 Å². The maximum atomic E-state index is 12.4. The molecule has 2 N–H and O–H groups in total. The van der Waals surface area contributed by atoms with Crippen molar-refractivity contribution in [3.63, 3.8) is 0 Å². The number of hydrogen-bond donors (Lipinski definition) is 2. The summed E-state index contributed by atoms with van der Waals surface area (Å²) < 4.78 is 16.2. The van der Waals surface area contributed by atoms with E-state index < -0.39 is 0 Å². The molecular formula is C22H28N2O4S. The van der Waals surface area contributed by atoms with E-state index in [0.29, 0.717) is 37.1 Å². The second-order valence-corrected chi connectivity index (χ2v) is 7.24. The highest BCUT2D eigenvalue weighted by molar-refractivity contribution is 7.80. The van der Waals surface area contributed by atoms with Gasteiger partial charge in [0.1, 0.15) is 18.1 Å². The van der Waals surface area contributed by atoms with Gasteiger partial charge in [-0.15, -0.1) is 0 Å². The number of hydrogen-bond acceptors (Lipinski definition) is 5. The van der Waals surface area contributed by atoms with Crippen molar-refractivity contribution in [1.82, 2.24) is 5.32 Å². The van der Waals surface area contributed by atoms with Crippen LogP contribution in [0.2, 0.25) is 0 Å². The summed E-state index contributed by atoms with van der Waals surface area (Å²) in [4.78, 5) is 12.4. The van der Waals surface area contributed by atoms with Gasteiger partial charge in [0.15, 0.2) is 5.11 Å². The zero-order valence-electron chi connectivity index (χ0n) is 17.1. The minimum Gasteiger partial charge on any atom is -0.494 e. The number of benzene rings is 2. The fourth-order valence-electron chi connectivity index (χ4n) is 2.36. The van der Waals surface area contributed by atoms with Crippen LogP contribution >= 0.6 is 12.2 Å². The molecule has 0 atom stereocenters. The molecule has 2 rings (SSSR count). The zero-order chi connectivity index (χ0) is 21.1. The average Bonchev–Trinajstić information content (AvgIpc) is 2.68. The Kier molecular flexibility index (Phi) is 9.40. The minimum absolute atomic E-state index is 0.210. The van der Waals surface area contributed by atoms with Crippen LogP contribution < -0.4 is 20.1 Å². The standard InChI is InChI=1S/C22H28N2O4S/c1-16(2)11-12-27-19-9-7-17(8-10-19)21(25)24-22(29)23-18-5-4-6-20(15-18)28-14-13-26-3/h4-10,15-16H,11-14H2,1-3H3,(H2,23,24,25,29). The lowest BCUT2D eigenvalue weighted by Crippen LogP contribution is -2.34. The van der Waals surface area contributed by atoms with Gasteiger partial charge in [-0.25, -0.2) is 0 Å². The molecule has 7 heteroatoms. The molecule has 2 aromatic carbocycles.